The molecule has 0 spiro atoms. The molecule has 7 heteroatoms. The summed E-state index contributed by atoms with van der Waals surface area (Å²) < 4.78 is 12.9. The molecule has 1 heterocycles. The van der Waals surface area contributed by atoms with E-state index in [1.807, 2.05) is 0 Å². The van der Waals surface area contributed by atoms with E-state index in [1.54, 1.807) is 13.8 Å². The summed E-state index contributed by atoms with van der Waals surface area (Å²) >= 11 is 5.65. The van der Waals surface area contributed by atoms with Crippen LogP contribution in [0.25, 0.3) is 0 Å². The number of hydrogen-bond donors (Lipinski definition) is 2. The molecular weight excluding hydrogens is 263 g/mol. The summed E-state index contributed by atoms with van der Waals surface area (Å²) in [6.45, 7) is 3.29. The predicted molar refractivity (Wildman–Crippen MR) is 62.9 cm³/mol. The Morgan fingerprint density at radius 2 is 2.11 bits per heavy atom. The number of carbonyl (C=O) groups is 2. The van der Waals surface area contributed by atoms with Gasteiger partial charge in [-0.2, -0.15) is 0 Å². The minimum Gasteiger partial charge on any atom is -0.480 e. The Kier molecular flexibility index (Phi) is 4.61. The summed E-state index contributed by atoms with van der Waals surface area (Å²) in [5, 5.41) is 11.0. The molecule has 0 saturated carbocycles. The molecule has 0 aromatic carbocycles. The number of halogens is 2. The van der Waals surface area contributed by atoms with Gasteiger partial charge in [-0.15, -0.1) is 0 Å². The highest BCUT2D eigenvalue weighted by molar-refractivity contribution is 6.32. The number of carbonyl (C=O) groups excluding carboxylic acids is 1. The lowest BCUT2D eigenvalue weighted by Gasteiger charge is -2.18. The van der Waals surface area contributed by atoms with Crippen molar-refractivity contribution in [3.8, 4) is 0 Å². The lowest BCUT2D eigenvalue weighted by Crippen LogP contribution is -2.44. The Labute approximate surface area is 108 Å². The summed E-state index contributed by atoms with van der Waals surface area (Å²) in [7, 11) is 0. The summed E-state index contributed by atoms with van der Waals surface area (Å²) in [6.07, 6.45) is 0.871. The van der Waals surface area contributed by atoms with Crippen molar-refractivity contribution in [1.29, 1.82) is 0 Å². The zero-order valence-electron chi connectivity index (χ0n) is 9.78. The monoisotopic (exact) mass is 274 g/mol. The largest absolute Gasteiger partial charge is 0.480 e. The van der Waals surface area contributed by atoms with Gasteiger partial charge in [0.15, 0.2) is 0 Å². The molecule has 0 aliphatic heterocycles. The third kappa shape index (κ3) is 3.40. The molecule has 0 aliphatic rings. The van der Waals surface area contributed by atoms with Crippen molar-refractivity contribution >= 4 is 23.5 Å². The topological polar surface area (TPSA) is 79.3 Å². The highest BCUT2D eigenvalue weighted by atomic mass is 35.5. The quantitative estimate of drug-likeness (QED) is 0.819. The van der Waals surface area contributed by atoms with Crippen LogP contribution >= 0.6 is 11.6 Å². The van der Waals surface area contributed by atoms with Gasteiger partial charge in [0.2, 0.25) is 0 Å². The SMILES string of the molecule is CC(C)[C@@H](NC(=O)c1cc(F)cnc1Cl)C(=O)O. The van der Waals surface area contributed by atoms with E-state index in [-0.39, 0.29) is 16.6 Å². The van der Waals surface area contributed by atoms with Crippen LogP contribution in [0.2, 0.25) is 5.15 Å². The van der Waals surface area contributed by atoms with Gasteiger partial charge in [0.25, 0.3) is 5.91 Å². The molecule has 1 atom stereocenters. The van der Waals surface area contributed by atoms with Gasteiger partial charge in [-0.25, -0.2) is 14.2 Å². The number of aliphatic carboxylic acids is 1. The average Bonchev–Trinajstić information content (AvgIpc) is 2.28. The van der Waals surface area contributed by atoms with Crippen molar-refractivity contribution < 1.29 is 19.1 Å². The molecule has 0 radical (unpaired) electrons. The fourth-order valence-corrected chi connectivity index (χ4v) is 1.50. The number of pyridine rings is 1. The van der Waals surface area contributed by atoms with Gasteiger partial charge in [0.05, 0.1) is 11.8 Å². The van der Waals surface area contributed by atoms with E-state index in [4.69, 9.17) is 16.7 Å². The van der Waals surface area contributed by atoms with Crippen molar-refractivity contribution in [3.05, 3.63) is 28.8 Å². The second-order valence-corrected chi connectivity index (χ2v) is 4.38. The van der Waals surface area contributed by atoms with E-state index in [0.717, 1.165) is 12.3 Å². The van der Waals surface area contributed by atoms with Gasteiger partial charge in [-0.1, -0.05) is 25.4 Å². The Bertz CT molecular complexity index is 479. The van der Waals surface area contributed by atoms with Crippen LogP contribution in [-0.4, -0.2) is 28.0 Å². The van der Waals surface area contributed by atoms with Crippen molar-refractivity contribution in [2.24, 2.45) is 5.92 Å². The first-order chi connectivity index (χ1) is 8.32. The third-order valence-corrected chi connectivity index (χ3v) is 2.57. The normalized spacial score (nSPS) is 12.3. The Morgan fingerprint density at radius 1 is 1.50 bits per heavy atom. The molecule has 0 saturated heterocycles. The first kappa shape index (κ1) is 14.4. The number of aromatic nitrogens is 1. The van der Waals surface area contributed by atoms with Crippen LogP contribution in [0.15, 0.2) is 12.3 Å². The van der Waals surface area contributed by atoms with Crippen LogP contribution in [0.1, 0.15) is 24.2 Å². The Hall–Kier alpha value is -1.69. The van der Waals surface area contributed by atoms with Gasteiger partial charge in [-0.3, -0.25) is 4.79 Å². The molecule has 1 rings (SSSR count). The summed E-state index contributed by atoms with van der Waals surface area (Å²) in [4.78, 5) is 26.2. The highest BCUT2D eigenvalue weighted by Gasteiger charge is 2.25. The summed E-state index contributed by atoms with van der Waals surface area (Å²) in [6, 6.07) is -0.166. The molecule has 0 fully saturated rings. The Morgan fingerprint density at radius 3 is 2.61 bits per heavy atom. The van der Waals surface area contributed by atoms with E-state index in [0.29, 0.717) is 0 Å². The van der Waals surface area contributed by atoms with Crippen LogP contribution in [0.5, 0.6) is 0 Å². The molecule has 98 valence electrons. The first-order valence-corrected chi connectivity index (χ1v) is 5.55. The van der Waals surface area contributed by atoms with E-state index >= 15 is 0 Å². The lowest BCUT2D eigenvalue weighted by atomic mass is 10.0. The van der Waals surface area contributed by atoms with Gasteiger partial charge in [-0.05, 0) is 12.0 Å². The van der Waals surface area contributed by atoms with E-state index in [1.165, 1.54) is 0 Å². The minimum absolute atomic E-state index is 0.179. The van der Waals surface area contributed by atoms with Crippen molar-refractivity contribution in [3.63, 3.8) is 0 Å². The smallest absolute Gasteiger partial charge is 0.326 e. The molecular formula is C11H12ClFN2O3. The van der Waals surface area contributed by atoms with Crippen LogP contribution in [0.4, 0.5) is 4.39 Å². The minimum atomic E-state index is -1.17. The lowest BCUT2D eigenvalue weighted by molar-refractivity contribution is -0.140. The molecule has 18 heavy (non-hydrogen) atoms. The molecule has 0 bridgehead atoms. The van der Waals surface area contributed by atoms with Crippen LogP contribution in [0, 0.1) is 11.7 Å². The van der Waals surface area contributed by atoms with E-state index < -0.39 is 23.7 Å². The van der Waals surface area contributed by atoms with Crippen molar-refractivity contribution in [2.45, 2.75) is 19.9 Å². The van der Waals surface area contributed by atoms with Gasteiger partial charge < -0.3 is 10.4 Å². The van der Waals surface area contributed by atoms with Crippen LogP contribution in [0.3, 0.4) is 0 Å². The fraction of sp³-hybridized carbons (Fsp3) is 0.364. The number of nitrogens with one attached hydrogen (secondary N) is 1. The molecule has 1 aromatic rings. The number of carboxylic acids is 1. The van der Waals surface area contributed by atoms with Crippen LogP contribution < -0.4 is 5.32 Å². The molecule has 1 aromatic heterocycles. The molecule has 0 aliphatic carbocycles. The molecule has 0 unspecified atom stereocenters. The zero-order valence-corrected chi connectivity index (χ0v) is 10.5. The van der Waals surface area contributed by atoms with E-state index in [9.17, 15) is 14.0 Å². The number of hydrogen-bond acceptors (Lipinski definition) is 3. The zero-order chi connectivity index (χ0) is 13.9. The van der Waals surface area contributed by atoms with Gasteiger partial charge >= 0.3 is 5.97 Å². The Balaban J connectivity index is 2.94. The fourth-order valence-electron chi connectivity index (χ4n) is 1.31. The number of carboxylic acid groups (broad SMARTS) is 1. The first-order valence-electron chi connectivity index (χ1n) is 5.17. The van der Waals surface area contributed by atoms with Crippen molar-refractivity contribution in [2.75, 3.05) is 0 Å². The van der Waals surface area contributed by atoms with Crippen LogP contribution in [-0.2, 0) is 4.79 Å². The molecule has 1 amide bonds. The maximum Gasteiger partial charge on any atom is 0.326 e. The predicted octanol–water partition coefficient (Wildman–Crippen LogP) is 1.71. The standard InChI is InChI=1S/C11H12ClFN2O3/c1-5(2)8(11(17)18)15-10(16)7-3-6(13)4-14-9(7)12/h3-5,8H,1-2H3,(H,15,16)(H,17,18)/t8-/m1/s1. The molecule has 5 nitrogen and oxygen atoms in total. The molecule has 2 N–H and O–H groups in total. The number of nitrogens with zero attached hydrogens (tertiary/aromatic N) is 1. The second kappa shape index (κ2) is 5.77. The van der Waals surface area contributed by atoms with Gasteiger partial charge in [0.1, 0.15) is 17.0 Å². The maximum absolute atomic E-state index is 12.9. The maximum atomic E-state index is 12.9. The third-order valence-electron chi connectivity index (χ3n) is 2.27. The second-order valence-electron chi connectivity index (χ2n) is 4.03. The summed E-state index contributed by atoms with van der Waals surface area (Å²) in [5.41, 5.74) is -0.191. The average molecular weight is 275 g/mol. The van der Waals surface area contributed by atoms with Gasteiger partial charge in [0, 0.05) is 0 Å². The number of rotatable bonds is 4. The highest BCUT2D eigenvalue weighted by Crippen LogP contribution is 2.14. The number of amides is 1. The summed E-state index contributed by atoms with van der Waals surface area (Å²) in [5.74, 6) is -2.97. The van der Waals surface area contributed by atoms with Crippen molar-refractivity contribution in [1.82, 2.24) is 10.3 Å². The van der Waals surface area contributed by atoms with E-state index in [2.05, 4.69) is 10.3 Å².